The second kappa shape index (κ2) is 6.21. The average molecular weight is 300 g/mol. The summed E-state index contributed by atoms with van der Waals surface area (Å²) in [5.41, 5.74) is 8.70. The molecular weight excluding hydrogens is 280 g/mol. The van der Waals surface area contributed by atoms with Gasteiger partial charge in [0.2, 0.25) is 0 Å². The summed E-state index contributed by atoms with van der Waals surface area (Å²) in [6, 6.07) is 20.5. The van der Waals surface area contributed by atoms with E-state index in [1.165, 1.54) is 11.1 Å². The highest BCUT2D eigenvalue weighted by molar-refractivity contribution is 5.99. The molecule has 0 saturated carbocycles. The maximum absolute atomic E-state index is 11.9. The minimum atomic E-state index is 0.790. The first-order chi connectivity index (χ1) is 11.1. The van der Waals surface area contributed by atoms with Crippen molar-refractivity contribution in [3.8, 4) is 22.3 Å². The molecule has 0 radical (unpaired) electrons. The van der Waals surface area contributed by atoms with Crippen LogP contribution >= 0.6 is 0 Å². The van der Waals surface area contributed by atoms with Crippen LogP contribution in [-0.2, 0) is 0 Å². The van der Waals surface area contributed by atoms with E-state index >= 15 is 0 Å². The van der Waals surface area contributed by atoms with Gasteiger partial charge in [0.1, 0.15) is 0 Å². The Bertz CT molecular complexity index is 846. The quantitative estimate of drug-likeness (QED) is 0.562. The summed E-state index contributed by atoms with van der Waals surface area (Å²) in [6.45, 7) is 6.28. The number of benzene rings is 3. The zero-order chi connectivity index (χ0) is 16.4. The summed E-state index contributed by atoms with van der Waals surface area (Å²) < 4.78 is 0. The SMILES string of the molecule is Cc1c(C)c(C=O)c(-c2ccccc2)c(-c2ccccc2)c1C. The first-order valence-corrected chi connectivity index (χ1v) is 7.85. The largest absolute Gasteiger partial charge is 0.298 e. The van der Waals surface area contributed by atoms with Crippen LogP contribution in [-0.4, -0.2) is 6.29 Å². The molecule has 0 N–H and O–H groups in total. The van der Waals surface area contributed by atoms with Gasteiger partial charge in [0.25, 0.3) is 0 Å². The third kappa shape index (κ3) is 2.59. The predicted molar refractivity (Wildman–Crippen MR) is 96.9 cm³/mol. The van der Waals surface area contributed by atoms with Gasteiger partial charge in [-0.25, -0.2) is 0 Å². The summed E-state index contributed by atoms with van der Waals surface area (Å²) in [7, 11) is 0. The fourth-order valence-corrected chi connectivity index (χ4v) is 3.20. The van der Waals surface area contributed by atoms with Crippen LogP contribution in [0.1, 0.15) is 27.0 Å². The van der Waals surface area contributed by atoms with Crippen LogP contribution in [0, 0.1) is 20.8 Å². The van der Waals surface area contributed by atoms with Gasteiger partial charge in [-0.1, -0.05) is 60.7 Å². The third-order valence-electron chi connectivity index (χ3n) is 4.67. The highest BCUT2D eigenvalue weighted by Crippen LogP contribution is 2.40. The Balaban J connectivity index is 2.47. The second-order valence-electron chi connectivity index (χ2n) is 5.89. The number of rotatable bonds is 3. The van der Waals surface area contributed by atoms with E-state index in [1.54, 1.807) is 0 Å². The molecule has 0 aliphatic carbocycles. The molecule has 114 valence electrons. The zero-order valence-electron chi connectivity index (χ0n) is 13.8. The maximum Gasteiger partial charge on any atom is 0.150 e. The summed E-state index contributed by atoms with van der Waals surface area (Å²) in [4.78, 5) is 11.9. The smallest absolute Gasteiger partial charge is 0.150 e. The van der Waals surface area contributed by atoms with Crippen molar-refractivity contribution in [1.29, 1.82) is 0 Å². The molecule has 0 saturated heterocycles. The molecule has 0 aromatic heterocycles. The Morgan fingerprint density at radius 2 is 1.09 bits per heavy atom. The molecule has 0 atom stereocenters. The highest BCUT2D eigenvalue weighted by atomic mass is 16.1. The Kier molecular flexibility index (Phi) is 4.12. The molecule has 0 spiro atoms. The molecule has 1 heteroatoms. The van der Waals surface area contributed by atoms with Crippen LogP contribution in [0.3, 0.4) is 0 Å². The van der Waals surface area contributed by atoms with Crippen molar-refractivity contribution in [3.63, 3.8) is 0 Å². The average Bonchev–Trinajstić information content (AvgIpc) is 2.61. The molecule has 3 aromatic carbocycles. The van der Waals surface area contributed by atoms with Crippen LogP contribution in [0.5, 0.6) is 0 Å². The van der Waals surface area contributed by atoms with Crippen LogP contribution in [0.25, 0.3) is 22.3 Å². The van der Waals surface area contributed by atoms with Crippen molar-refractivity contribution >= 4 is 6.29 Å². The molecule has 0 bridgehead atoms. The normalized spacial score (nSPS) is 10.6. The van der Waals surface area contributed by atoms with Crippen molar-refractivity contribution in [3.05, 3.63) is 82.9 Å². The summed E-state index contributed by atoms with van der Waals surface area (Å²) >= 11 is 0. The molecular formula is C22H20O. The van der Waals surface area contributed by atoms with Gasteiger partial charge in [-0.05, 0) is 54.2 Å². The first kappa shape index (κ1) is 15.2. The number of aldehydes is 1. The van der Waals surface area contributed by atoms with E-state index in [1.807, 2.05) is 43.3 Å². The zero-order valence-corrected chi connectivity index (χ0v) is 13.8. The predicted octanol–water partition coefficient (Wildman–Crippen LogP) is 5.76. The number of carbonyl (C=O) groups is 1. The number of hydrogen-bond acceptors (Lipinski definition) is 1. The molecule has 3 rings (SSSR count). The lowest BCUT2D eigenvalue weighted by Gasteiger charge is -2.21. The van der Waals surface area contributed by atoms with Crippen molar-refractivity contribution in [2.75, 3.05) is 0 Å². The van der Waals surface area contributed by atoms with Gasteiger partial charge < -0.3 is 0 Å². The van der Waals surface area contributed by atoms with E-state index in [4.69, 9.17) is 0 Å². The van der Waals surface area contributed by atoms with E-state index in [-0.39, 0.29) is 0 Å². The number of carbonyl (C=O) groups excluding carboxylic acids is 1. The van der Waals surface area contributed by atoms with Gasteiger partial charge in [-0.3, -0.25) is 4.79 Å². The van der Waals surface area contributed by atoms with Crippen LogP contribution < -0.4 is 0 Å². The van der Waals surface area contributed by atoms with Crippen molar-refractivity contribution in [2.45, 2.75) is 20.8 Å². The van der Waals surface area contributed by atoms with Gasteiger partial charge in [0.05, 0.1) is 0 Å². The van der Waals surface area contributed by atoms with Crippen molar-refractivity contribution in [1.82, 2.24) is 0 Å². The summed E-state index contributed by atoms with van der Waals surface area (Å²) in [6.07, 6.45) is 0.997. The van der Waals surface area contributed by atoms with Gasteiger partial charge in [0.15, 0.2) is 6.29 Å². The van der Waals surface area contributed by atoms with E-state index in [2.05, 4.69) is 38.1 Å². The van der Waals surface area contributed by atoms with Crippen molar-refractivity contribution in [2.24, 2.45) is 0 Å². The minimum Gasteiger partial charge on any atom is -0.298 e. The van der Waals surface area contributed by atoms with Crippen LogP contribution in [0.4, 0.5) is 0 Å². The molecule has 0 aliphatic heterocycles. The monoisotopic (exact) mass is 300 g/mol. The molecule has 0 aliphatic rings. The lowest BCUT2D eigenvalue weighted by Crippen LogP contribution is -2.02. The Morgan fingerprint density at radius 1 is 0.609 bits per heavy atom. The van der Waals surface area contributed by atoms with E-state index in [0.717, 1.165) is 39.7 Å². The van der Waals surface area contributed by atoms with E-state index in [9.17, 15) is 4.79 Å². The van der Waals surface area contributed by atoms with Crippen LogP contribution in [0.2, 0.25) is 0 Å². The van der Waals surface area contributed by atoms with E-state index < -0.39 is 0 Å². The summed E-state index contributed by atoms with van der Waals surface area (Å²) in [5, 5.41) is 0. The molecule has 3 aromatic rings. The minimum absolute atomic E-state index is 0.790. The molecule has 0 fully saturated rings. The topological polar surface area (TPSA) is 17.1 Å². The van der Waals surface area contributed by atoms with Gasteiger partial charge >= 0.3 is 0 Å². The second-order valence-corrected chi connectivity index (χ2v) is 5.89. The lowest BCUT2D eigenvalue weighted by molar-refractivity contribution is 0.112. The Labute approximate surface area is 137 Å². The molecule has 0 heterocycles. The summed E-state index contributed by atoms with van der Waals surface area (Å²) in [5.74, 6) is 0. The molecule has 0 unspecified atom stereocenters. The third-order valence-corrected chi connectivity index (χ3v) is 4.67. The van der Waals surface area contributed by atoms with Crippen LogP contribution in [0.15, 0.2) is 60.7 Å². The Morgan fingerprint density at radius 3 is 1.57 bits per heavy atom. The molecule has 0 amide bonds. The fourth-order valence-electron chi connectivity index (χ4n) is 3.20. The molecule has 1 nitrogen and oxygen atoms in total. The Hall–Kier alpha value is -2.67. The number of hydrogen-bond donors (Lipinski definition) is 0. The first-order valence-electron chi connectivity index (χ1n) is 7.85. The fraction of sp³-hybridized carbons (Fsp3) is 0.136. The van der Waals surface area contributed by atoms with Gasteiger partial charge in [-0.2, -0.15) is 0 Å². The highest BCUT2D eigenvalue weighted by Gasteiger charge is 2.19. The van der Waals surface area contributed by atoms with E-state index in [0.29, 0.717) is 0 Å². The standard InChI is InChI=1S/C22H20O/c1-15-16(2)20(14-23)22(19-12-8-5-9-13-19)21(17(15)3)18-10-6-4-7-11-18/h4-14H,1-3H3. The lowest BCUT2D eigenvalue weighted by atomic mass is 9.83. The van der Waals surface area contributed by atoms with Gasteiger partial charge in [-0.15, -0.1) is 0 Å². The van der Waals surface area contributed by atoms with Crippen molar-refractivity contribution < 1.29 is 4.79 Å². The maximum atomic E-state index is 11.9. The van der Waals surface area contributed by atoms with Gasteiger partial charge in [0, 0.05) is 11.1 Å². The molecule has 23 heavy (non-hydrogen) atoms.